The van der Waals surface area contributed by atoms with Crippen LogP contribution in [0.25, 0.3) is 16.6 Å². The van der Waals surface area contributed by atoms with Gasteiger partial charge in [0, 0.05) is 15.8 Å². The van der Waals surface area contributed by atoms with Crippen LogP contribution in [0, 0.1) is 0 Å². The Hall–Kier alpha value is -2.67. The molecule has 0 spiro atoms. The van der Waals surface area contributed by atoms with Gasteiger partial charge in [0.25, 0.3) is 5.56 Å². The number of hydrogen-bond acceptors (Lipinski definition) is 5. The predicted molar refractivity (Wildman–Crippen MR) is 131 cm³/mol. The first-order valence-electron chi connectivity index (χ1n) is 10.0. The SMILES string of the molecule is CCOc1ccc(OCCSc2nc3cc(Cl)ccc3c(=O)n2-c2ccc(Cl)cc2)cc1. The molecule has 0 saturated heterocycles. The molecule has 0 N–H and O–H groups in total. The summed E-state index contributed by atoms with van der Waals surface area (Å²) in [6.45, 7) is 3.01. The highest BCUT2D eigenvalue weighted by atomic mass is 35.5. The fourth-order valence-electron chi connectivity index (χ4n) is 3.14. The van der Waals surface area contributed by atoms with Crippen molar-refractivity contribution in [3.63, 3.8) is 0 Å². The molecule has 0 bridgehead atoms. The Bertz CT molecular complexity index is 1280. The van der Waals surface area contributed by atoms with Gasteiger partial charge in [0.1, 0.15) is 11.5 Å². The van der Waals surface area contributed by atoms with Crippen molar-refractivity contribution in [1.82, 2.24) is 9.55 Å². The number of nitrogens with zero attached hydrogens (tertiary/aromatic N) is 2. The molecule has 0 aliphatic rings. The molecule has 8 heteroatoms. The number of hydrogen-bond donors (Lipinski definition) is 0. The zero-order chi connectivity index (χ0) is 22.5. The molecular formula is C24H20Cl2N2O3S. The molecule has 0 fully saturated rings. The maximum atomic E-state index is 13.3. The molecule has 5 nitrogen and oxygen atoms in total. The van der Waals surface area contributed by atoms with Crippen LogP contribution in [0.5, 0.6) is 11.5 Å². The Kier molecular flexibility index (Phi) is 7.25. The molecule has 3 aromatic carbocycles. The molecular weight excluding hydrogens is 467 g/mol. The summed E-state index contributed by atoms with van der Waals surface area (Å²) in [7, 11) is 0. The number of ether oxygens (including phenoxy) is 2. The van der Waals surface area contributed by atoms with Gasteiger partial charge >= 0.3 is 0 Å². The van der Waals surface area contributed by atoms with E-state index in [-0.39, 0.29) is 5.56 Å². The minimum absolute atomic E-state index is 0.163. The summed E-state index contributed by atoms with van der Waals surface area (Å²) in [6, 6.07) is 19.7. The first-order chi connectivity index (χ1) is 15.5. The Balaban J connectivity index is 1.57. The fourth-order valence-corrected chi connectivity index (χ4v) is 4.27. The van der Waals surface area contributed by atoms with Crippen LogP contribution in [0.3, 0.4) is 0 Å². The van der Waals surface area contributed by atoms with Crippen LogP contribution in [-0.4, -0.2) is 28.5 Å². The van der Waals surface area contributed by atoms with Gasteiger partial charge in [0.15, 0.2) is 5.16 Å². The Labute approximate surface area is 199 Å². The molecule has 1 heterocycles. The van der Waals surface area contributed by atoms with Crippen molar-refractivity contribution >= 4 is 45.9 Å². The molecule has 0 amide bonds. The van der Waals surface area contributed by atoms with Crippen LogP contribution in [0.4, 0.5) is 0 Å². The molecule has 0 aliphatic heterocycles. The molecule has 0 radical (unpaired) electrons. The van der Waals surface area contributed by atoms with E-state index in [4.69, 9.17) is 37.7 Å². The van der Waals surface area contributed by atoms with E-state index in [1.807, 2.05) is 31.2 Å². The van der Waals surface area contributed by atoms with Crippen molar-refractivity contribution < 1.29 is 9.47 Å². The van der Waals surface area contributed by atoms with Crippen LogP contribution in [0.2, 0.25) is 10.0 Å². The van der Waals surface area contributed by atoms with Gasteiger partial charge in [-0.25, -0.2) is 4.98 Å². The predicted octanol–water partition coefficient (Wildman–Crippen LogP) is 6.26. The van der Waals surface area contributed by atoms with E-state index in [9.17, 15) is 4.79 Å². The fraction of sp³-hybridized carbons (Fsp3) is 0.167. The van der Waals surface area contributed by atoms with Crippen LogP contribution in [0.15, 0.2) is 76.7 Å². The van der Waals surface area contributed by atoms with Crippen LogP contribution in [0.1, 0.15) is 6.92 Å². The average molecular weight is 487 g/mol. The number of fused-ring (bicyclic) bond motifs is 1. The summed E-state index contributed by atoms with van der Waals surface area (Å²) in [5.41, 5.74) is 1.09. The third-order valence-corrected chi connectivity index (χ3v) is 5.99. The lowest BCUT2D eigenvalue weighted by Crippen LogP contribution is -2.22. The monoisotopic (exact) mass is 486 g/mol. The van der Waals surface area contributed by atoms with Gasteiger partial charge in [-0.05, 0) is 73.7 Å². The first kappa shape index (κ1) is 22.5. The molecule has 4 aromatic rings. The van der Waals surface area contributed by atoms with E-state index in [2.05, 4.69) is 0 Å². The second kappa shape index (κ2) is 10.3. The maximum absolute atomic E-state index is 13.3. The third-order valence-electron chi connectivity index (χ3n) is 4.60. The standard InChI is InChI=1S/C24H20Cl2N2O3S/c1-2-30-19-8-10-20(11-9-19)31-13-14-32-24-27-22-15-17(26)5-12-21(22)23(29)28(24)18-6-3-16(25)4-7-18/h3-12,15H,2,13-14H2,1H3. The quantitative estimate of drug-likeness (QED) is 0.167. The highest BCUT2D eigenvalue weighted by molar-refractivity contribution is 7.99. The van der Waals surface area contributed by atoms with Gasteiger partial charge in [-0.15, -0.1) is 0 Å². The van der Waals surface area contributed by atoms with E-state index < -0.39 is 0 Å². The summed E-state index contributed by atoms with van der Waals surface area (Å²) in [5, 5.41) is 2.19. The molecule has 0 atom stereocenters. The van der Waals surface area contributed by atoms with Crippen LogP contribution >= 0.6 is 35.0 Å². The second-order valence-electron chi connectivity index (χ2n) is 6.77. The van der Waals surface area contributed by atoms with E-state index in [0.29, 0.717) is 50.8 Å². The third kappa shape index (κ3) is 5.21. The van der Waals surface area contributed by atoms with Crippen molar-refractivity contribution in [3.8, 4) is 17.2 Å². The number of aromatic nitrogens is 2. The van der Waals surface area contributed by atoms with E-state index in [0.717, 1.165) is 11.5 Å². The van der Waals surface area contributed by atoms with Crippen molar-refractivity contribution in [3.05, 3.63) is 87.1 Å². The van der Waals surface area contributed by atoms with Crippen molar-refractivity contribution in [2.75, 3.05) is 19.0 Å². The number of thioether (sulfide) groups is 1. The van der Waals surface area contributed by atoms with E-state index in [1.54, 1.807) is 47.0 Å². The van der Waals surface area contributed by atoms with Crippen LogP contribution in [-0.2, 0) is 0 Å². The average Bonchev–Trinajstić information content (AvgIpc) is 2.79. The van der Waals surface area contributed by atoms with Gasteiger partial charge in [0.2, 0.25) is 0 Å². The minimum atomic E-state index is -0.163. The van der Waals surface area contributed by atoms with Crippen molar-refractivity contribution in [1.29, 1.82) is 0 Å². The Morgan fingerprint density at radius 1 is 0.906 bits per heavy atom. The van der Waals surface area contributed by atoms with Crippen LogP contribution < -0.4 is 15.0 Å². The van der Waals surface area contributed by atoms with Crippen molar-refractivity contribution in [2.24, 2.45) is 0 Å². The van der Waals surface area contributed by atoms with Gasteiger partial charge in [0.05, 0.1) is 29.8 Å². The molecule has 0 saturated carbocycles. The topological polar surface area (TPSA) is 53.4 Å². The molecule has 0 aliphatic carbocycles. The Morgan fingerprint density at radius 3 is 2.25 bits per heavy atom. The number of benzene rings is 3. The number of rotatable bonds is 8. The van der Waals surface area contributed by atoms with Gasteiger partial charge in [-0.3, -0.25) is 9.36 Å². The smallest absolute Gasteiger partial charge is 0.266 e. The Morgan fingerprint density at radius 2 is 1.56 bits per heavy atom. The summed E-state index contributed by atoms with van der Waals surface area (Å²) in [4.78, 5) is 18.0. The largest absolute Gasteiger partial charge is 0.494 e. The normalized spacial score (nSPS) is 11.0. The molecule has 1 aromatic heterocycles. The summed E-state index contributed by atoms with van der Waals surface area (Å²) in [5.74, 6) is 2.15. The summed E-state index contributed by atoms with van der Waals surface area (Å²) < 4.78 is 12.9. The molecule has 164 valence electrons. The highest BCUT2D eigenvalue weighted by Gasteiger charge is 2.14. The maximum Gasteiger partial charge on any atom is 0.266 e. The summed E-state index contributed by atoms with van der Waals surface area (Å²) in [6.07, 6.45) is 0. The molecule has 4 rings (SSSR count). The first-order valence-corrected chi connectivity index (χ1v) is 11.8. The second-order valence-corrected chi connectivity index (χ2v) is 8.71. The summed E-state index contributed by atoms with van der Waals surface area (Å²) >= 11 is 13.6. The molecule has 0 unspecified atom stereocenters. The lowest BCUT2D eigenvalue weighted by molar-refractivity contribution is 0.332. The van der Waals surface area contributed by atoms with E-state index >= 15 is 0 Å². The zero-order valence-electron chi connectivity index (χ0n) is 17.3. The minimum Gasteiger partial charge on any atom is -0.494 e. The van der Waals surface area contributed by atoms with Gasteiger partial charge < -0.3 is 9.47 Å². The molecule has 32 heavy (non-hydrogen) atoms. The van der Waals surface area contributed by atoms with E-state index in [1.165, 1.54) is 11.8 Å². The van der Waals surface area contributed by atoms with Gasteiger partial charge in [-0.2, -0.15) is 0 Å². The van der Waals surface area contributed by atoms with Gasteiger partial charge in [-0.1, -0.05) is 35.0 Å². The lowest BCUT2D eigenvalue weighted by Gasteiger charge is -2.14. The zero-order valence-corrected chi connectivity index (χ0v) is 19.6. The highest BCUT2D eigenvalue weighted by Crippen LogP contribution is 2.24. The lowest BCUT2D eigenvalue weighted by atomic mass is 10.2. The number of halogens is 2. The van der Waals surface area contributed by atoms with Crippen molar-refractivity contribution in [2.45, 2.75) is 12.1 Å².